The Bertz CT molecular complexity index is 5650. The number of carbonyl (C=O) groups excluding carboxylic acids is 7. The van der Waals surface area contributed by atoms with Gasteiger partial charge in [0, 0.05) is 109 Å². The van der Waals surface area contributed by atoms with Crippen LogP contribution in [0.4, 0.5) is 4.79 Å². The monoisotopic (exact) mass is 2150 g/mol. The van der Waals surface area contributed by atoms with Gasteiger partial charge in [0.1, 0.15) is 72.5 Å². The number of thiazole rings is 2. The second-order valence-corrected chi connectivity index (χ2v) is 65.7. The number of unbranched alkanes of at least 4 members (excludes halogenated alkanes) is 2. The van der Waals surface area contributed by atoms with Gasteiger partial charge in [-0.25, -0.2) is 24.4 Å². The number of nitrogens with one attached hydrogen (secondary N) is 4. The summed E-state index contributed by atoms with van der Waals surface area (Å²) in [4.78, 5) is 116. The van der Waals surface area contributed by atoms with Crippen LogP contribution >= 0.6 is 46.2 Å². The molecule has 3 aliphatic rings. The number of thioether (sulfide) groups is 2. The molecule has 0 saturated heterocycles. The van der Waals surface area contributed by atoms with E-state index in [4.69, 9.17) is 47.8 Å². The highest BCUT2D eigenvalue weighted by Gasteiger charge is 2.52. The van der Waals surface area contributed by atoms with Crippen molar-refractivity contribution < 1.29 is 61.4 Å². The maximum Gasteiger partial charge on any atom is 0.408 e. The first-order valence-electron chi connectivity index (χ1n) is 45.6. The summed E-state index contributed by atoms with van der Waals surface area (Å²) in [5.74, 6) is -2.62. The molecule has 738 valence electrons. The van der Waals surface area contributed by atoms with Crippen LogP contribution in [0.5, 0.6) is 0 Å². The fourth-order valence-electron chi connectivity index (χ4n) is 15.2. The second kappa shape index (κ2) is 54.3. The molecule has 6 atom stereocenters. The van der Waals surface area contributed by atoms with E-state index in [0.29, 0.717) is 62.8 Å². The normalized spacial score (nSPS) is 17.5. The first-order chi connectivity index (χ1) is 64.9. The lowest BCUT2D eigenvalue weighted by atomic mass is 10.00. The van der Waals surface area contributed by atoms with Gasteiger partial charge < -0.3 is 49.1 Å². The van der Waals surface area contributed by atoms with Crippen LogP contribution in [0.25, 0.3) is 20.9 Å². The number of alkyl carbamates (subject to hydrolysis) is 1. The SMILES string of the molecule is CCC/C=C/C(CC(=O)OCC[Si](C)(C)C)OC(=O)[C@@H](NC(=O)[C@]1(C)CSC(c2nc(CNC(=O)OC(C)(C)C)sc2-c2ccc(CO[Si](c3ccccc3)(c3ccccc3)C(C)(C)C)cc2)=N1)C(C)C.CCC/C=C/C1CC(=O)NCc2nc(c(-c3ccc(CO[Si](c4ccccc4)(c4ccccc4)C(C)(C)C)cc3)s2)C2=N[C@@](C)(CS2)C(=O)N[C@@H](C(C)C)C(=O)O1.S=S=S=S.S=S=S=S=S. The molecule has 21 nitrogen and oxygen atoms in total. The van der Waals surface area contributed by atoms with E-state index in [9.17, 15) is 33.6 Å². The summed E-state index contributed by atoms with van der Waals surface area (Å²) in [5, 5.41) is 18.8. The number of aromatic nitrogens is 2. The Hall–Kier alpha value is -7.26. The lowest BCUT2D eigenvalue weighted by molar-refractivity contribution is -0.156. The van der Waals surface area contributed by atoms with Gasteiger partial charge in [0.25, 0.3) is 16.6 Å². The molecule has 4 N–H and O–H groups in total. The van der Waals surface area contributed by atoms with E-state index < -0.39 is 95.6 Å². The Morgan fingerprint density at radius 2 is 1.11 bits per heavy atom. The minimum absolute atomic E-state index is 0.0481. The molecule has 2 unspecified atom stereocenters. The summed E-state index contributed by atoms with van der Waals surface area (Å²) >= 11 is 23.3. The molecule has 0 aliphatic carbocycles. The van der Waals surface area contributed by atoms with Gasteiger partial charge in [-0.05, 0) is 131 Å². The standard InChI is InChI=1S/C55H76N4O8S2Si2.C45H54N4O5S2Si.S5.S4/c1-14-15-18-23-41(34-45(60)64-32-33-70(11,12)13)66-50(61)46(38(2)3)58-51(62)55(10)37-68-49(59-55)47-48(69-44(57-47)35-56-52(63)67-53(4,5)6)40-30-28-39(29-31-40)36-65-71(54(7,8)9,42-24-19-16-20-25-42)43-26-21-17-22-27-43;1-8-9-12-17-33-26-36(50)46-27-37-47-39(41-49-45(7,29-55-41)43(52)48-38(30(2)3)42(51)54-33)40(56-37)32-24-22-31(23-25-32)28-53-57(44(4,5)6,34-18-13-10-14-19-34)35-20-15-11-16-21-35;1-3-5-4-2;1-3-4-2/h16-31,38,41,46H,14-15,32-37H2,1-13H3,(H,56,63)(H,58,62);10-25,30,33,38H,8-9,26-29H2,1-7H3,(H,46,50)(H,48,52);;/b23-18+;17-12+;;/t41?,46-,55-;33?,38-,45-;;/m00../s1. The molecule has 2 aromatic heterocycles. The number of cyclic esters (lactones) is 1. The largest absolute Gasteiger partial charge is 0.466 e. The summed E-state index contributed by atoms with van der Waals surface area (Å²) < 4.78 is 37.3. The third-order valence-corrected chi connectivity index (χ3v) is 45.4. The molecule has 0 fully saturated rings. The van der Waals surface area contributed by atoms with Crippen LogP contribution < -0.4 is 42.0 Å². The van der Waals surface area contributed by atoms with Crippen molar-refractivity contribution in [1.29, 1.82) is 0 Å². The Labute approximate surface area is 863 Å². The Kier molecular flexibility index (Phi) is 45.6. The van der Waals surface area contributed by atoms with Crippen molar-refractivity contribution in [1.82, 2.24) is 31.2 Å². The molecular formula is C100H130N8O13S13Si3. The average molecular weight is 2150 g/mol. The number of esters is 3. The third kappa shape index (κ3) is 33.7. The number of aliphatic imine (C=N–C) groups is 2. The van der Waals surface area contributed by atoms with E-state index in [0.717, 1.165) is 63.7 Å². The Morgan fingerprint density at radius 1 is 0.628 bits per heavy atom. The number of amides is 4. The summed E-state index contributed by atoms with van der Waals surface area (Å²) in [7, 11) is -0.650. The van der Waals surface area contributed by atoms with Crippen LogP contribution in [0.1, 0.15) is 189 Å². The lowest BCUT2D eigenvalue weighted by Crippen LogP contribution is -2.66. The van der Waals surface area contributed by atoms with E-state index in [-0.39, 0.29) is 59.7 Å². The summed E-state index contributed by atoms with van der Waals surface area (Å²) in [6.45, 7) is 42.2. The van der Waals surface area contributed by atoms with E-state index in [1.165, 1.54) is 111 Å². The van der Waals surface area contributed by atoms with Crippen LogP contribution in [-0.2, 0) is 172 Å². The predicted octanol–water partition coefficient (Wildman–Crippen LogP) is 18.4. The van der Waals surface area contributed by atoms with E-state index in [1.54, 1.807) is 26.0 Å². The van der Waals surface area contributed by atoms with Gasteiger partial charge >= 0.3 is 24.0 Å². The molecular weight excluding hydrogens is 2020 g/mol. The van der Waals surface area contributed by atoms with Crippen molar-refractivity contribution in [3.8, 4) is 20.9 Å². The van der Waals surface area contributed by atoms with Crippen molar-refractivity contribution in [2.45, 2.75) is 259 Å². The highest BCUT2D eigenvalue weighted by molar-refractivity contribution is 8.59. The van der Waals surface area contributed by atoms with E-state index in [2.05, 4.69) is 280 Å². The topological polar surface area (TPSA) is 273 Å². The molecule has 4 amide bonds. The lowest BCUT2D eigenvalue weighted by Gasteiger charge is -2.43. The fraction of sp³-hybridized carbons (Fsp3) is 0.450. The molecule has 6 aromatic carbocycles. The van der Waals surface area contributed by atoms with Crippen molar-refractivity contribution in [2.24, 2.45) is 21.8 Å². The smallest absolute Gasteiger partial charge is 0.408 e. The zero-order valence-corrected chi connectivity index (χ0v) is 95.4. The number of hydrogen-bond donors (Lipinski definition) is 4. The second-order valence-electron chi connectivity index (χ2n) is 38.5. The number of allylic oxidation sites excluding steroid dienone is 2. The number of nitrogens with zero attached hydrogens (tertiary/aromatic N) is 4. The van der Waals surface area contributed by atoms with Crippen LogP contribution in [0.15, 0.2) is 204 Å². The van der Waals surface area contributed by atoms with Gasteiger partial charge in [-0.1, -0.05) is 298 Å². The Balaban J connectivity index is 0.000000314. The number of benzene rings is 6. The molecule has 5 heterocycles. The highest BCUT2D eigenvalue weighted by Crippen LogP contribution is 2.44. The minimum Gasteiger partial charge on any atom is -0.466 e. The average Bonchev–Trinajstić information content (AvgIpc) is 1.15. The first kappa shape index (κ1) is 115. The summed E-state index contributed by atoms with van der Waals surface area (Å²) in [5.41, 5.74) is 2.11. The highest BCUT2D eigenvalue weighted by atomic mass is 33.3. The summed E-state index contributed by atoms with van der Waals surface area (Å²) in [6.07, 6.45) is 8.31. The zero-order chi connectivity index (χ0) is 101. The van der Waals surface area contributed by atoms with Crippen molar-refractivity contribution in [3.05, 3.63) is 227 Å². The molecule has 8 aromatic rings. The van der Waals surface area contributed by atoms with Crippen LogP contribution in [-0.4, -0.2) is 146 Å². The number of carbonyl (C=O) groups is 7. The quantitative estimate of drug-likeness (QED) is 0.0132. The number of fused-ring (bicyclic) bond motifs is 4. The van der Waals surface area contributed by atoms with Crippen LogP contribution in [0, 0.1) is 11.8 Å². The zero-order valence-electron chi connectivity index (χ0n) is 81.7. The van der Waals surface area contributed by atoms with E-state index >= 15 is 0 Å². The summed E-state index contributed by atoms with van der Waals surface area (Å²) in [6, 6.07) is 57.9. The first-order valence-corrected chi connectivity index (χ1v) is 66.1. The molecule has 0 radical (unpaired) electrons. The van der Waals surface area contributed by atoms with Gasteiger partial charge in [0.2, 0.25) is 17.7 Å². The number of hydrogen-bond acceptors (Lipinski definition) is 25. The van der Waals surface area contributed by atoms with Gasteiger partial charge in [-0.2, -0.15) is 0 Å². The molecule has 137 heavy (non-hydrogen) atoms. The maximum absolute atomic E-state index is 14.3. The molecule has 37 heteroatoms. The van der Waals surface area contributed by atoms with Crippen LogP contribution in [0.3, 0.4) is 0 Å². The van der Waals surface area contributed by atoms with Crippen molar-refractivity contribution in [3.63, 3.8) is 0 Å². The van der Waals surface area contributed by atoms with Crippen LogP contribution in [0.2, 0.25) is 35.8 Å². The molecule has 0 saturated carbocycles. The maximum atomic E-state index is 14.3. The molecule has 3 aliphatic heterocycles. The number of rotatable bonds is 32. The fourth-order valence-corrected chi connectivity index (χ4v) is 32.2. The minimum atomic E-state index is -2.79. The predicted molar refractivity (Wildman–Crippen MR) is 596 cm³/mol. The van der Waals surface area contributed by atoms with Gasteiger partial charge in [0.05, 0.1) is 55.5 Å². The number of ether oxygens (including phenoxy) is 4. The van der Waals surface area contributed by atoms with E-state index in [1.807, 2.05) is 91.8 Å². The van der Waals surface area contributed by atoms with Gasteiger partial charge in [-0.15, -0.1) is 46.2 Å². The van der Waals surface area contributed by atoms with Crippen molar-refractivity contribution in [2.75, 3.05) is 18.1 Å². The molecule has 11 rings (SSSR count). The Morgan fingerprint density at radius 3 is 1.56 bits per heavy atom. The molecule has 4 bridgehead atoms. The van der Waals surface area contributed by atoms with Gasteiger partial charge in [-0.3, -0.25) is 29.2 Å². The van der Waals surface area contributed by atoms with Gasteiger partial charge in [0.15, 0.2) is 0 Å². The van der Waals surface area contributed by atoms with Crippen molar-refractivity contribution >= 4 is 233 Å². The molecule has 0 spiro atoms. The third-order valence-electron chi connectivity index (χ3n) is 22.3.